The van der Waals surface area contributed by atoms with Crippen molar-refractivity contribution < 1.29 is 14.6 Å². The quantitative estimate of drug-likeness (QED) is 0.711. The van der Waals surface area contributed by atoms with Crippen LogP contribution < -0.4 is 5.32 Å². The van der Waals surface area contributed by atoms with Crippen molar-refractivity contribution in [3.8, 4) is 0 Å². The van der Waals surface area contributed by atoms with Crippen LogP contribution >= 0.6 is 0 Å². The fourth-order valence-electron chi connectivity index (χ4n) is 5.37. The predicted octanol–water partition coefficient (Wildman–Crippen LogP) is 1.51. The molecule has 4 atom stereocenters. The molecule has 1 amide bonds. The topological polar surface area (TPSA) is 90.5 Å². The highest BCUT2D eigenvalue weighted by Crippen LogP contribution is 2.43. The van der Waals surface area contributed by atoms with Gasteiger partial charge in [-0.2, -0.15) is 0 Å². The largest absolute Gasteiger partial charge is 0.392 e. The highest BCUT2D eigenvalue weighted by molar-refractivity contribution is 5.80. The molecule has 154 valence electrons. The minimum atomic E-state index is -0.679. The zero-order valence-corrected chi connectivity index (χ0v) is 16.5. The van der Waals surface area contributed by atoms with E-state index in [2.05, 4.69) is 15.3 Å². The van der Waals surface area contributed by atoms with E-state index in [9.17, 15) is 9.90 Å². The molecule has 1 saturated heterocycles. The molecule has 0 bridgehead atoms. The number of ether oxygens (including phenoxy) is 1. The van der Waals surface area contributed by atoms with E-state index in [4.69, 9.17) is 4.74 Å². The van der Waals surface area contributed by atoms with Crippen molar-refractivity contribution in [1.82, 2.24) is 20.2 Å². The van der Waals surface area contributed by atoms with Crippen LogP contribution in [0.25, 0.3) is 0 Å². The van der Waals surface area contributed by atoms with Crippen molar-refractivity contribution in [2.45, 2.75) is 75.0 Å². The van der Waals surface area contributed by atoms with E-state index in [0.29, 0.717) is 44.7 Å². The van der Waals surface area contributed by atoms with Gasteiger partial charge in [0.25, 0.3) is 0 Å². The van der Waals surface area contributed by atoms with E-state index in [1.165, 1.54) is 38.5 Å². The van der Waals surface area contributed by atoms with Crippen LogP contribution in [0.3, 0.4) is 0 Å². The van der Waals surface area contributed by atoms with E-state index in [1.807, 2.05) is 11.1 Å². The number of aliphatic hydroxyl groups excluding tert-OH is 1. The Labute approximate surface area is 166 Å². The van der Waals surface area contributed by atoms with Gasteiger partial charge in [-0.05, 0) is 32.1 Å². The summed E-state index contributed by atoms with van der Waals surface area (Å²) in [5.74, 6) is 1.23. The number of rotatable bonds is 5. The zero-order valence-electron chi connectivity index (χ0n) is 16.5. The number of aromatic amines is 1. The summed E-state index contributed by atoms with van der Waals surface area (Å²) >= 11 is 0. The molecule has 0 aromatic carbocycles. The lowest BCUT2D eigenvalue weighted by atomic mass is 9.95. The van der Waals surface area contributed by atoms with Gasteiger partial charge in [0.2, 0.25) is 5.91 Å². The number of aromatic nitrogens is 2. The van der Waals surface area contributed by atoms with Gasteiger partial charge in [0.15, 0.2) is 0 Å². The lowest BCUT2D eigenvalue weighted by Gasteiger charge is -2.30. The minimum Gasteiger partial charge on any atom is -0.392 e. The van der Waals surface area contributed by atoms with Gasteiger partial charge in [-0.1, -0.05) is 12.8 Å². The molecule has 3 aliphatic carbocycles. The first-order chi connectivity index (χ1) is 13.7. The maximum atomic E-state index is 13.2. The van der Waals surface area contributed by atoms with Gasteiger partial charge in [0, 0.05) is 48.9 Å². The zero-order chi connectivity index (χ0) is 19.1. The Morgan fingerprint density at radius 2 is 1.96 bits per heavy atom. The number of amides is 1. The van der Waals surface area contributed by atoms with Crippen LogP contribution in [0, 0.1) is 5.92 Å². The molecule has 1 aromatic heterocycles. The van der Waals surface area contributed by atoms with E-state index in [0.717, 1.165) is 11.5 Å². The van der Waals surface area contributed by atoms with Gasteiger partial charge < -0.3 is 25.0 Å². The molecule has 1 aliphatic heterocycles. The standard InChI is InChI=1S/C21H32N4O3/c26-19-15(21(27)25-7-9-28-10-8-25)11-16(23-14-3-1-2-4-14)18(19)17-12-22-20(24-17)13-5-6-13/h12-16,18-19,23,26H,1-11H2,(H,22,24)/t15-,16+,18+,19+/m0/s1. The Morgan fingerprint density at radius 3 is 2.68 bits per heavy atom. The molecule has 7 nitrogen and oxygen atoms in total. The molecule has 4 fully saturated rings. The fourth-order valence-corrected chi connectivity index (χ4v) is 5.37. The van der Waals surface area contributed by atoms with Crippen molar-refractivity contribution in [3.63, 3.8) is 0 Å². The number of carbonyl (C=O) groups excluding carboxylic acids is 1. The van der Waals surface area contributed by atoms with Gasteiger partial charge >= 0.3 is 0 Å². The van der Waals surface area contributed by atoms with Gasteiger partial charge in [0.05, 0.1) is 25.2 Å². The second-order valence-electron chi connectivity index (χ2n) is 9.05. The molecule has 0 unspecified atom stereocenters. The summed E-state index contributed by atoms with van der Waals surface area (Å²) < 4.78 is 5.39. The molecular formula is C21H32N4O3. The number of nitrogens with one attached hydrogen (secondary N) is 2. The highest BCUT2D eigenvalue weighted by atomic mass is 16.5. The first kappa shape index (κ1) is 18.6. The molecule has 3 N–H and O–H groups in total. The lowest BCUT2D eigenvalue weighted by molar-refractivity contribution is -0.142. The Morgan fingerprint density at radius 1 is 1.21 bits per heavy atom. The summed E-state index contributed by atoms with van der Waals surface area (Å²) in [6.45, 7) is 2.44. The number of aliphatic hydroxyl groups is 1. The first-order valence-electron chi connectivity index (χ1n) is 11.1. The summed E-state index contributed by atoms with van der Waals surface area (Å²) in [5.41, 5.74) is 0.988. The molecule has 0 radical (unpaired) electrons. The normalized spacial score (nSPS) is 34.2. The summed E-state index contributed by atoms with van der Waals surface area (Å²) in [6, 6.07) is 0.614. The SMILES string of the molecule is O=C([C@H]1C[C@@H](NC2CCCC2)[C@H](c2cnc(C3CC3)[nH]2)[C@@H]1O)N1CCOCC1. The molecule has 1 aromatic rings. The summed E-state index contributed by atoms with van der Waals surface area (Å²) in [4.78, 5) is 23.1. The lowest BCUT2D eigenvalue weighted by Crippen LogP contribution is -2.45. The molecular weight excluding hydrogens is 356 g/mol. The van der Waals surface area contributed by atoms with Crippen molar-refractivity contribution >= 4 is 5.91 Å². The average Bonchev–Trinajstić information content (AvgIpc) is 3.11. The summed E-state index contributed by atoms with van der Waals surface area (Å²) in [5, 5.41) is 15.0. The number of H-pyrrole nitrogens is 1. The van der Waals surface area contributed by atoms with E-state index < -0.39 is 6.10 Å². The smallest absolute Gasteiger partial charge is 0.228 e. The number of morpholine rings is 1. The van der Waals surface area contributed by atoms with Crippen molar-refractivity contribution in [1.29, 1.82) is 0 Å². The Balaban J connectivity index is 1.36. The maximum Gasteiger partial charge on any atom is 0.228 e. The molecule has 4 aliphatic rings. The van der Waals surface area contributed by atoms with Crippen LogP contribution in [-0.2, 0) is 9.53 Å². The number of hydrogen-bond donors (Lipinski definition) is 3. The van der Waals surface area contributed by atoms with E-state index >= 15 is 0 Å². The third-order valence-corrected chi connectivity index (χ3v) is 7.10. The number of carbonyl (C=O) groups is 1. The van der Waals surface area contributed by atoms with Crippen LogP contribution in [0.1, 0.15) is 68.3 Å². The third-order valence-electron chi connectivity index (χ3n) is 7.10. The van der Waals surface area contributed by atoms with Gasteiger partial charge in [-0.3, -0.25) is 4.79 Å². The molecule has 28 heavy (non-hydrogen) atoms. The van der Waals surface area contributed by atoms with Gasteiger partial charge in [-0.25, -0.2) is 4.98 Å². The number of nitrogens with zero attached hydrogens (tertiary/aromatic N) is 2. The minimum absolute atomic E-state index is 0.0819. The van der Waals surface area contributed by atoms with Crippen LogP contribution in [0.4, 0.5) is 0 Å². The average molecular weight is 389 g/mol. The monoisotopic (exact) mass is 388 g/mol. The second kappa shape index (κ2) is 7.76. The first-order valence-corrected chi connectivity index (χ1v) is 11.1. The predicted molar refractivity (Wildman–Crippen MR) is 104 cm³/mol. The molecule has 0 spiro atoms. The van der Waals surface area contributed by atoms with Crippen molar-refractivity contribution in [2.24, 2.45) is 5.92 Å². The Bertz CT molecular complexity index is 692. The van der Waals surface area contributed by atoms with E-state index in [-0.39, 0.29) is 23.8 Å². The number of hydrogen-bond acceptors (Lipinski definition) is 5. The number of imidazole rings is 1. The molecule has 7 heteroatoms. The van der Waals surface area contributed by atoms with Crippen LogP contribution in [-0.4, -0.2) is 70.4 Å². The van der Waals surface area contributed by atoms with Crippen molar-refractivity contribution in [3.05, 3.63) is 17.7 Å². The van der Waals surface area contributed by atoms with Crippen LogP contribution in [0.5, 0.6) is 0 Å². The van der Waals surface area contributed by atoms with Gasteiger partial charge in [-0.15, -0.1) is 0 Å². The fraction of sp³-hybridized carbons (Fsp3) is 0.810. The third kappa shape index (κ3) is 3.60. The summed E-state index contributed by atoms with van der Waals surface area (Å²) in [7, 11) is 0. The van der Waals surface area contributed by atoms with Crippen molar-refractivity contribution in [2.75, 3.05) is 26.3 Å². The second-order valence-corrected chi connectivity index (χ2v) is 9.05. The molecule has 3 saturated carbocycles. The van der Waals surface area contributed by atoms with Gasteiger partial charge in [0.1, 0.15) is 5.82 Å². The Hall–Kier alpha value is -1.44. The summed E-state index contributed by atoms with van der Waals surface area (Å²) in [6.07, 6.45) is 9.22. The maximum absolute atomic E-state index is 13.2. The molecule has 5 rings (SSSR count). The molecule has 2 heterocycles. The van der Waals surface area contributed by atoms with Crippen LogP contribution in [0.15, 0.2) is 6.20 Å². The Kier molecular flexibility index (Phi) is 5.15. The highest BCUT2D eigenvalue weighted by Gasteiger charge is 2.49. The van der Waals surface area contributed by atoms with E-state index in [1.54, 1.807) is 0 Å². The van der Waals surface area contributed by atoms with Crippen LogP contribution in [0.2, 0.25) is 0 Å².